The van der Waals surface area contributed by atoms with Gasteiger partial charge in [0.15, 0.2) is 5.78 Å². The predicted octanol–water partition coefficient (Wildman–Crippen LogP) is 2.71. The molecule has 0 N–H and O–H groups in total. The number of nitrogens with zero attached hydrogens (tertiary/aromatic N) is 1. The SMILES string of the molecule is CCCOc1cncc(C(=O)C(C)C)c1. The van der Waals surface area contributed by atoms with Crippen LogP contribution >= 0.6 is 0 Å². The highest BCUT2D eigenvalue weighted by molar-refractivity contribution is 5.97. The molecule has 0 saturated carbocycles. The van der Waals surface area contributed by atoms with Gasteiger partial charge in [-0.05, 0) is 12.5 Å². The lowest BCUT2D eigenvalue weighted by molar-refractivity contribution is 0.0938. The Bertz CT molecular complexity index is 334. The van der Waals surface area contributed by atoms with Gasteiger partial charge in [0.25, 0.3) is 0 Å². The Morgan fingerprint density at radius 2 is 2.20 bits per heavy atom. The summed E-state index contributed by atoms with van der Waals surface area (Å²) in [5.74, 6) is 0.765. The molecule has 0 aliphatic rings. The van der Waals surface area contributed by atoms with E-state index < -0.39 is 0 Å². The molecule has 0 amide bonds. The van der Waals surface area contributed by atoms with Gasteiger partial charge in [0.2, 0.25) is 0 Å². The van der Waals surface area contributed by atoms with Crippen molar-refractivity contribution in [2.75, 3.05) is 6.61 Å². The quantitative estimate of drug-likeness (QED) is 0.697. The Balaban J connectivity index is 2.78. The van der Waals surface area contributed by atoms with Gasteiger partial charge < -0.3 is 4.74 Å². The largest absolute Gasteiger partial charge is 0.492 e. The van der Waals surface area contributed by atoms with Crippen molar-refractivity contribution in [3.63, 3.8) is 0 Å². The molecule has 0 aliphatic heterocycles. The predicted molar refractivity (Wildman–Crippen MR) is 59.2 cm³/mol. The Morgan fingerprint density at radius 1 is 1.47 bits per heavy atom. The van der Waals surface area contributed by atoms with Gasteiger partial charge in [-0.3, -0.25) is 9.78 Å². The average Bonchev–Trinajstić information content (AvgIpc) is 2.25. The number of rotatable bonds is 5. The molecule has 0 aliphatic carbocycles. The van der Waals surface area contributed by atoms with Crippen LogP contribution in [0.2, 0.25) is 0 Å². The summed E-state index contributed by atoms with van der Waals surface area (Å²) in [6, 6.07) is 1.75. The Morgan fingerprint density at radius 3 is 2.80 bits per heavy atom. The minimum atomic E-state index is -0.00627. The van der Waals surface area contributed by atoms with Crippen LogP contribution in [0.1, 0.15) is 37.6 Å². The maximum Gasteiger partial charge on any atom is 0.167 e. The third-order valence-electron chi connectivity index (χ3n) is 1.99. The zero-order valence-corrected chi connectivity index (χ0v) is 9.49. The molecular formula is C12H17NO2. The zero-order chi connectivity index (χ0) is 11.3. The van der Waals surface area contributed by atoms with Crippen molar-refractivity contribution in [2.24, 2.45) is 5.92 Å². The number of hydrogen-bond donors (Lipinski definition) is 0. The first-order valence-corrected chi connectivity index (χ1v) is 5.27. The monoisotopic (exact) mass is 207 g/mol. The minimum absolute atomic E-state index is 0.00627. The topological polar surface area (TPSA) is 39.2 Å². The van der Waals surface area contributed by atoms with Crippen LogP contribution in [-0.4, -0.2) is 17.4 Å². The molecule has 0 radical (unpaired) electrons. The maximum absolute atomic E-state index is 11.7. The van der Waals surface area contributed by atoms with E-state index in [-0.39, 0.29) is 11.7 Å². The molecular weight excluding hydrogens is 190 g/mol. The van der Waals surface area contributed by atoms with E-state index in [4.69, 9.17) is 4.74 Å². The van der Waals surface area contributed by atoms with Gasteiger partial charge in [0.1, 0.15) is 5.75 Å². The number of ketones is 1. The van der Waals surface area contributed by atoms with Crippen LogP contribution in [0.25, 0.3) is 0 Å². The standard InChI is InChI=1S/C12H17NO2/c1-4-5-15-11-6-10(7-13-8-11)12(14)9(2)3/h6-9H,4-5H2,1-3H3. The molecule has 0 bridgehead atoms. The zero-order valence-electron chi connectivity index (χ0n) is 9.49. The molecule has 0 aromatic carbocycles. The van der Waals surface area contributed by atoms with E-state index in [1.54, 1.807) is 18.5 Å². The molecule has 1 aromatic rings. The van der Waals surface area contributed by atoms with Crippen LogP contribution < -0.4 is 4.74 Å². The summed E-state index contributed by atoms with van der Waals surface area (Å²) in [6.45, 7) is 6.45. The number of hydrogen-bond acceptors (Lipinski definition) is 3. The van der Waals surface area contributed by atoms with E-state index >= 15 is 0 Å². The molecule has 0 fully saturated rings. The fourth-order valence-electron chi connectivity index (χ4n) is 1.19. The Labute approximate surface area is 90.5 Å². The van der Waals surface area contributed by atoms with Crippen LogP contribution in [0.15, 0.2) is 18.5 Å². The molecule has 1 rings (SSSR count). The number of aromatic nitrogens is 1. The normalized spacial score (nSPS) is 10.4. The lowest BCUT2D eigenvalue weighted by atomic mass is 10.0. The maximum atomic E-state index is 11.7. The van der Waals surface area contributed by atoms with Gasteiger partial charge in [0, 0.05) is 17.7 Å². The summed E-state index contributed by atoms with van der Waals surface area (Å²) >= 11 is 0. The lowest BCUT2D eigenvalue weighted by Crippen LogP contribution is -2.08. The molecule has 0 saturated heterocycles. The summed E-state index contributed by atoms with van der Waals surface area (Å²) in [5, 5.41) is 0. The van der Waals surface area contributed by atoms with Crippen molar-refractivity contribution in [3.8, 4) is 5.75 Å². The second kappa shape index (κ2) is 5.49. The van der Waals surface area contributed by atoms with Crippen molar-refractivity contribution in [1.82, 2.24) is 4.98 Å². The highest BCUT2D eigenvalue weighted by Crippen LogP contribution is 2.14. The first-order valence-electron chi connectivity index (χ1n) is 5.27. The summed E-state index contributed by atoms with van der Waals surface area (Å²) in [6.07, 6.45) is 4.16. The third kappa shape index (κ3) is 3.35. The summed E-state index contributed by atoms with van der Waals surface area (Å²) < 4.78 is 5.41. The minimum Gasteiger partial charge on any atom is -0.492 e. The fourth-order valence-corrected chi connectivity index (χ4v) is 1.19. The Hall–Kier alpha value is -1.38. The van der Waals surface area contributed by atoms with E-state index in [2.05, 4.69) is 4.98 Å². The van der Waals surface area contributed by atoms with Crippen LogP contribution in [0.3, 0.4) is 0 Å². The van der Waals surface area contributed by atoms with Crippen molar-refractivity contribution in [1.29, 1.82) is 0 Å². The number of ether oxygens (including phenoxy) is 1. The highest BCUT2D eigenvalue weighted by Gasteiger charge is 2.11. The van der Waals surface area contributed by atoms with Crippen LogP contribution in [0, 0.1) is 5.92 Å². The van der Waals surface area contributed by atoms with E-state index in [1.807, 2.05) is 20.8 Å². The average molecular weight is 207 g/mol. The van der Waals surface area contributed by atoms with Crippen LogP contribution in [0.4, 0.5) is 0 Å². The number of Topliss-reactive ketones (excluding diaryl/α,β-unsaturated/α-hetero) is 1. The molecule has 0 spiro atoms. The Kier molecular flexibility index (Phi) is 4.28. The molecule has 3 nitrogen and oxygen atoms in total. The molecule has 1 aromatic heterocycles. The molecule has 1 heterocycles. The van der Waals surface area contributed by atoms with Crippen molar-refractivity contribution in [2.45, 2.75) is 27.2 Å². The molecule has 82 valence electrons. The first-order chi connectivity index (χ1) is 7.15. The van der Waals surface area contributed by atoms with Crippen LogP contribution in [-0.2, 0) is 0 Å². The summed E-state index contributed by atoms with van der Waals surface area (Å²) in [5.41, 5.74) is 0.624. The van der Waals surface area contributed by atoms with Gasteiger partial charge in [-0.2, -0.15) is 0 Å². The second-order valence-corrected chi connectivity index (χ2v) is 3.78. The number of carbonyl (C=O) groups excluding carboxylic acids is 1. The highest BCUT2D eigenvalue weighted by atomic mass is 16.5. The first kappa shape index (κ1) is 11.7. The van der Waals surface area contributed by atoms with E-state index in [0.29, 0.717) is 17.9 Å². The van der Waals surface area contributed by atoms with Crippen molar-refractivity contribution in [3.05, 3.63) is 24.0 Å². The molecule has 0 atom stereocenters. The molecule has 15 heavy (non-hydrogen) atoms. The molecule has 3 heteroatoms. The summed E-state index contributed by atoms with van der Waals surface area (Å²) in [7, 11) is 0. The van der Waals surface area contributed by atoms with Gasteiger partial charge in [0.05, 0.1) is 12.8 Å². The van der Waals surface area contributed by atoms with E-state index in [0.717, 1.165) is 6.42 Å². The van der Waals surface area contributed by atoms with Crippen molar-refractivity contribution < 1.29 is 9.53 Å². The third-order valence-corrected chi connectivity index (χ3v) is 1.99. The van der Waals surface area contributed by atoms with E-state index in [9.17, 15) is 4.79 Å². The smallest absolute Gasteiger partial charge is 0.167 e. The fraction of sp³-hybridized carbons (Fsp3) is 0.500. The van der Waals surface area contributed by atoms with Gasteiger partial charge >= 0.3 is 0 Å². The van der Waals surface area contributed by atoms with Gasteiger partial charge in [-0.25, -0.2) is 0 Å². The van der Waals surface area contributed by atoms with Gasteiger partial charge in [-0.1, -0.05) is 20.8 Å². The van der Waals surface area contributed by atoms with Gasteiger partial charge in [-0.15, -0.1) is 0 Å². The summed E-state index contributed by atoms with van der Waals surface area (Å²) in [4.78, 5) is 15.7. The number of pyridine rings is 1. The second-order valence-electron chi connectivity index (χ2n) is 3.78. The molecule has 0 unspecified atom stereocenters. The van der Waals surface area contributed by atoms with Crippen LogP contribution in [0.5, 0.6) is 5.75 Å². The lowest BCUT2D eigenvalue weighted by Gasteiger charge is -2.07. The van der Waals surface area contributed by atoms with Crippen molar-refractivity contribution >= 4 is 5.78 Å². The van der Waals surface area contributed by atoms with E-state index in [1.165, 1.54) is 0 Å². The number of carbonyl (C=O) groups is 1.